The Balaban J connectivity index is 1.66. The van der Waals surface area contributed by atoms with Gasteiger partial charge in [-0.05, 0) is 78.1 Å². The van der Waals surface area contributed by atoms with Crippen molar-refractivity contribution < 1.29 is 52.3 Å². The predicted molar refractivity (Wildman–Crippen MR) is 180 cm³/mol. The van der Waals surface area contributed by atoms with E-state index in [-0.39, 0.29) is 23.0 Å². The Morgan fingerprint density at radius 3 is 1.86 bits per heavy atom. The van der Waals surface area contributed by atoms with E-state index < -0.39 is 23.9 Å². The maximum atomic E-state index is 12.0. The second-order valence-corrected chi connectivity index (χ2v) is 10.7. The highest BCUT2D eigenvalue weighted by Crippen LogP contribution is 2.42. The lowest BCUT2D eigenvalue weighted by Crippen LogP contribution is -2.09. The van der Waals surface area contributed by atoms with Crippen LogP contribution in [0.4, 0.5) is 0 Å². The molecule has 254 valence electrons. The fourth-order valence-electron chi connectivity index (χ4n) is 4.82. The molecule has 0 aliphatic carbocycles. The summed E-state index contributed by atoms with van der Waals surface area (Å²) in [7, 11) is 2.87. The standard InChI is InChI=1S/C38H36O11/c1-23(39)45-31-17-14-27(15-18-31)13-16-29-10-8-12-33(46-24(2)40)37(29)49-32-11-7-9-28(19-32)20-34(43-5)30-21-35(44-6)38(48-26(4)42)36(22-30)47-25(3)41/h7-12,14-15,17-22H,13,16H2,1-6H3/b34-20-. The number of carbonyl (C=O) groups is 4. The van der Waals surface area contributed by atoms with Crippen LogP contribution in [0.5, 0.6) is 40.2 Å². The Kier molecular flexibility index (Phi) is 12.1. The zero-order valence-electron chi connectivity index (χ0n) is 28.0. The molecular weight excluding hydrogens is 632 g/mol. The molecule has 0 N–H and O–H groups in total. The quantitative estimate of drug-likeness (QED) is 0.0624. The summed E-state index contributed by atoms with van der Waals surface area (Å²) >= 11 is 0. The average molecular weight is 669 g/mol. The van der Waals surface area contributed by atoms with E-state index in [4.69, 9.17) is 33.2 Å². The molecule has 0 saturated heterocycles. The number of methoxy groups -OCH3 is 2. The summed E-state index contributed by atoms with van der Waals surface area (Å²) in [5.41, 5.74) is 2.97. The van der Waals surface area contributed by atoms with Gasteiger partial charge in [0.05, 0.1) is 14.2 Å². The van der Waals surface area contributed by atoms with E-state index in [1.807, 2.05) is 24.3 Å². The van der Waals surface area contributed by atoms with Crippen molar-refractivity contribution >= 4 is 35.7 Å². The molecule has 0 heterocycles. The van der Waals surface area contributed by atoms with Gasteiger partial charge in [-0.15, -0.1) is 0 Å². The van der Waals surface area contributed by atoms with Crippen LogP contribution < -0.4 is 28.4 Å². The maximum absolute atomic E-state index is 12.0. The summed E-state index contributed by atoms with van der Waals surface area (Å²) in [4.78, 5) is 46.8. The van der Waals surface area contributed by atoms with Gasteiger partial charge < -0.3 is 33.2 Å². The van der Waals surface area contributed by atoms with Gasteiger partial charge in [-0.25, -0.2) is 0 Å². The van der Waals surface area contributed by atoms with Crippen LogP contribution in [0.15, 0.2) is 78.9 Å². The first-order valence-corrected chi connectivity index (χ1v) is 15.2. The topological polar surface area (TPSA) is 133 Å². The molecule has 0 aliphatic rings. The van der Waals surface area contributed by atoms with E-state index in [2.05, 4.69) is 0 Å². The summed E-state index contributed by atoms with van der Waals surface area (Å²) in [6, 6.07) is 22.8. The van der Waals surface area contributed by atoms with Crippen LogP contribution in [0.1, 0.15) is 49.9 Å². The van der Waals surface area contributed by atoms with Crippen molar-refractivity contribution in [2.75, 3.05) is 14.2 Å². The van der Waals surface area contributed by atoms with Crippen LogP contribution in [0.25, 0.3) is 11.8 Å². The van der Waals surface area contributed by atoms with Crippen LogP contribution in [-0.4, -0.2) is 38.1 Å². The van der Waals surface area contributed by atoms with Gasteiger partial charge >= 0.3 is 23.9 Å². The molecule has 0 radical (unpaired) electrons. The molecule has 4 aromatic carbocycles. The summed E-state index contributed by atoms with van der Waals surface area (Å²) in [6.07, 6.45) is 2.93. The zero-order chi connectivity index (χ0) is 35.5. The molecule has 0 saturated carbocycles. The van der Waals surface area contributed by atoms with Crippen LogP contribution >= 0.6 is 0 Å². The summed E-state index contributed by atoms with van der Waals surface area (Å²) in [5, 5.41) is 0. The lowest BCUT2D eigenvalue weighted by atomic mass is 10.0. The largest absolute Gasteiger partial charge is 0.496 e. The van der Waals surface area contributed by atoms with Gasteiger partial charge in [-0.3, -0.25) is 19.2 Å². The Labute approximate surface area is 283 Å². The van der Waals surface area contributed by atoms with Gasteiger partial charge in [-0.1, -0.05) is 36.4 Å². The van der Waals surface area contributed by atoms with Crippen molar-refractivity contribution in [3.05, 3.63) is 101 Å². The van der Waals surface area contributed by atoms with Crippen LogP contribution in [-0.2, 0) is 36.8 Å². The second-order valence-electron chi connectivity index (χ2n) is 10.7. The van der Waals surface area contributed by atoms with Crippen molar-refractivity contribution in [3.63, 3.8) is 0 Å². The van der Waals surface area contributed by atoms with Gasteiger partial charge in [0.25, 0.3) is 0 Å². The normalized spacial score (nSPS) is 10.9. The van der Waals surface area contributed by atoms with Gasteiger partial charge in [0, 0.05) is 33.3 Å². The summed E-state index contributed by atoms with van der Waals surface area (Å²) < 4.78 is 38.7. The van der Waals surface area contributed by atoms with E-state index >= 15 is 0 Å². The first-order chi connectivity index (χ1) is 23.4. The number of ether oxygens (including phenoxy) is 7. The molecule has 0 bridgehead atoms. The lowest BCUT2D eigenvalue weighted by Gasteiger charge is -2.16. The molecule has 0 amide bonds. The first-order valence-electron chi connectivity index (χ1n) is 15.2. The van der Waals surface area contributed by atoms with Crippen LogP contribution in [0.3, 0.4) is 0 Å². The predicted octanol–water partition coefficient (Wildman–Crippen LogP) is 7.12. The number of hydrogen-bond donors (Lipinski definition) is 0. The lowest BCUT2D eigenvalue weighted by molar-refractivity contribution is -0.134. The number of benzene rings is 4. The fraction of sp³-hybridized carbons (Fsp3) is 0.211. The van der Waals surface area contributed by atoms with E-state index in [0.29, 0.717) is 47.0 Å². The van der Waals surface area contributed by atoms with Gasteiger partial charge in [-0.2, -0.15) is 0 Å². The van der Waals surface area contributed by atoms with Gasteiger partial charge in [0.15, 0.2) is 23.0 Å². The van der Waals surface area contributed by atoms with Gasteiger partial charge in [0.2, 0.25) is 5.75 Å². The molecule has 0 atom stereocenters. The van der Waals surface area contributed by atoms with E-state index in [1.54, 1.807) is 54.6 Å². The number of esters is 4. The van der Waals surface area contributed by atoms with Crippen LogP contribution in [0.2, 0.25) is 0 Å². The minimum Gasteiger partial charge on any atom is -0.496 e. The molecule has 0 aromatic heterocycles. The SMILES string of the molecule is CO/C(=C\c1cccc(Oc2c(CCc3ccc(OC(C)=O)cc3)cccc2OC(C)=O)c1)c1cc(OC)c(OC(C)=O)c(OC(C)=O)c1. The highest BCUT2D eigenvalue weighted by molar-refractivity contribution is 5.82. The second kappa shape index (κ2) is 16.6. The fourth-order valence-corrected chi connectivity index (χ4v) is 4.82. The molecule has 4 rings (SSSR count). The molecule has 0 fully saturated rings. The first kappa shape index (κ1) is 35.7. The highest BCUT2D eigenvalue weighted by atomic mass is 16.6. The smallest absolute Gasteiger partial charge is 0.308 e. The molecule has 11 heteroatoms. The third-order valence-electron chi connectivity index (χ3n) is 6.80. The Morgan fingerprint density at radius 2 is 1.22 bits per heavy atom. The molecule has 49 heavy (non-hydrogen) atoms. The minimum absolute atomic E-state index is 0.0213. The molecular formula is C38H36O11. The van der Waals surface area contributed by atoms with E-state index in [9.17, 15) is 19.2 Å². The van der Waals surface area contributed by atoms with Crippen molar-refractivity contribution in [2.24, 2.45) is 0 Å². The molecule has 0 spiro atoms. The van der Waals surface area contributed by atoms with Crippen molar-refractivity contribution in [3.8, 4) is 40.2 Å². The minimum atomic E-state index is -0.619. The van der Waals surface area contributed by atoms with E-state index in [1.165, 1.54) is 48.0 Å². The van der Waals surface area contributed by atoms with Crippen molar-refractivity contribution in [1.82, 2.24) is 0 Å². The molecule has 11 nitrogen and oxygen atoms in total. The van der Waals surface area contributed by atoms with Crippen molar-refractivity contribution in [1.29, 1.82) is 0 Å². The zero-order valence-corrected chi connectivity index (χ0v) is 28.0. The summed E-state index contributed by atoms with van der Waals surface area (Å²) in [5.74, 6) is -0.0779. The third kappa shape index (κ3) is 10.2. The molecule has 0 aliphatic heterocycles. The van der Waals surface area contributed by atoms with Gasteiger partial charge in [0.1, 0.15) is 17.3 Å². The number of hydrogen-bond acceptors (Lipinski definition) is 11. The van der Waals surface area contributed by atoms with Crippen molar-refractivity contribution in [2.45, 2.75) is 40.5 Å². The maximum Gasteiger partial charge on any atom is 0.308 e. The summed E-state index contributed by atoms with van der Waals surface area (Å²) in [6.45, 7) is 5.12. The molecule has 4 aromatic rings. The monoisotopic (exact) mass is 668 g/mol. The average Bonchev–Trinajstić information content (AvgIpc) is 3.04. The highest BCUT2D eigenvalue weighted by Gasteiger charge is 2.20. The number of carbonyl (C=O) groups excluding carboxylic acids is 4. The number of rotatable bonds is 13. The third-order valence-corrected chi connectivity index (χ3v) is 6.80. The Hall–Kier alpha value is -6.10. The number of para-hydroxylation sites is 1. The number of aryl methyl sites for hydroxylation is 2. The van der Waals surface area contributed by atoms with E-state index in [0.717, 1.165) is 11.1 Å². The molecule has 0 unspecified atom stereocenters. The Morgan fingerprint density at radius 1 is 0.592 bits per heavy atom. The van der Waals surface area contributed by atoms with Crippen LogP contribution in [0, 0.1) is 0 Å². The Bertz CT molecular complexity index is 1870.